The van der Waals surface area contributed by atoms with Gasteiger partial charge in [-0.2, -0.15) is 0 Å². The zero-order valence-electron chi connectivity index (χ0n) is 15.4. The molecular weight excluding hydrogens is 372 g/mol. The maximum Gasteiger partial charge on any atom is 0.257 e. The number of carbonyl (C=O) groups is 1. The van der Waals surface area contributed by atoms with Crippen LogP contribution in [0.2, 0.25) is 0 Å². The Bertz CT molecular complexity index is 1100. The third-order valence-corrected chi connectivity index (χ3v) is 5.05. The van der Waals surface area contributed by atoms with E-state index in [1.165, 1.54) is 11.3 Å². The first-order chi connectivity index (χ1) is 13.6. The van der Waals surface area contributed by atoms with Gasteiger partial charge < -0.3 is 9.30 Å². The molecule has 0 bridgehead atoms. The van der Waals surface area contributed by atoms with Crippen molar-refractivity contribution in [2.45, 2.75) is 6.92 Å². The molecule has 4 rings (SSSR count). The zero-order valence-corrected chi connectivity index (χ0v) is 16.2. The van der Waals surface area contributed by atoms with Crippen LogP contribution in [0.1, 0.15) is 15.9 Å². The lowest BCUT2D eigenvalue weighted by molar-refractivity contribution is 0.102. The standard InChI is InChI=1S/C21H18N4O2S/c1-14-3-8-19(27-2)17(11-14)18-12-28-21(23-18)24-20(26)15-4-6-16(7-5-15)25-10-9-22-13-25/h3-13H,1-2H3,(H,23,24,26). The van der Waals surface area contributed by atoms with Crippen LogP contribution in [0.4, 0.5) is 5.13 Å². The van der Waals surface area contributed by atoms with E-state index in [0.29, 0.717) is 10.7 Å². The predicted molar refractivity (Wildman–Crippen MR) is 110 cm³/mol. The molecule has 0 atom stereocenters. The quantitative estimate of drug-likeness (QED) is 0.542. The average Bonchev–Trinajstić information content (AvgIpc) is 3.40. The second kappa shape index (κ2) is 7.66. The number of imidazole rings is 1. The first-order valence-electron chi connectivity index (χ1n) is 8.64. The number of amides is 1. The number of anilines is 1. The molecule has 2 aromatic heterocycles. The molecule has 0 aliphatic heterocycles. The molecule has 2 aromatic carbocycles. The van der Waals surface area contributed by atoms with E-state index in [1.54, 1.807) is 31.8 Å². The summed E-state index contributed by atoms with van der Waals surface area (Å²) in [5.41, 5.74) is 4.30. The van der Waals surface area contributed by atoms with Crippen LogP contribution in [0, 0.1) is 6.92 Å². The summed E-state index contributed by atoms with van der Waals surface area (Å²) in [7, 11) is 1.64. The number of nitrogens with one attached hydrogen (secondary N) is 1. The second-order valence-corrected chi connectivity index (χ2v) is 7.07. The molecule has 0 saturated heterocycles. The number of aryl methyl sites for hydroxylation is 1. The van der Waals surface area contributed by atoms with Gasteiger partial charge in [0.15, 0.2) is 5.13 Å². The zero-order chi connectivity index (χ0) is 19.5. The summed E-state index contributed by atoms with van der Waals surface area (Å²) < 4.78 is 7.31. The Morgan fingerprint density at radius 2 is 2.00 bits per heavy atom. The van der Waals surface area contributed by atoms with Gasteiger partial charge in [0.05, 0.1) is 19.1 Å². The Morgan fingerprint density at radius 1 is 1.18 bits per heavy atom. The van der Waals surface area contributed by atoms with Gasteiger partial charge in [-0.15, -0.1) is 11.3 Å². The van der Waals surface area contributed by atoms with Gasteiger partial charge in [0.2, 0.25) is 0 Å². The highest BCUT2D eigenvalue weighted by Gasteiger charge is 2.13. The monoisotopic (exact) mass is 390 g/mol. The van der Waals surface area contributed by atoms with Crippen LogP contribution in [-0.4, -0.2) is 27.6 Å². The van der Waals surface area contributed by atoms with E-state index in [2.05, 4.69) is 15.3 Å². The van der Waals surface area contributed by atoms with Gasteiger partial charge in [-0.1, -0.05) is 11.6 Å². The highest BCUT2D eigenvalue weighted by atomic mass is 32.1. The molecule has 0 aliphatic rings. The van der Waals surface area contributed by atoms with Gasteiger partial charge in [0.25, 0.3) is 5.91 Å². The minimum atomic E-state index is -0.200. The normalized spacial score (nSPS) is 10.6. The van der Waals surface area contributed by atoms with Crippen LogP contribution in [0.25, 0.3) is 16.9 Å². The van der Waals surface area contributed by atoms with E-state index >= 15 is 0 Å². The highest BCUT2D eigenvalue weighted by Crippen LogP contribution is 2.33. The third-order valence-electron chi connectivity index (χ3n) is 4.29. The van der Waals surface area contributed by atoms with Crippen LogP contribution in [0.15, 0.2) is 66.6 Å². The molecule has 1 amide bonds. The molecular formula is C21H18N4O2S. The van der Waals surface area contributed by atoms with Crippen molar-refractivity contribution in [3.63, 3.8) is 0 Å². The van der Waals surface area contributed by atoms with Gasteiger partial charge in [0, 0.05) is 34.6 Å². The summed E-state index contributed by atoms with van der Waals surface area (Å²) in [5, 5.41) is 5.32. The Hall–Kier alpha value is -3.45. The minimum absolute atomic E-state index is 0.200. The smallest absolute Gasteiger partial charge is 0.257 e. The Labute approximate surface area is 166 Å². The number of rotatable bonds is 5. The molecule has 4 aromatic rings. The number of ether oxygens (including phenoxy) is 1. The summed E-state index contributed by atoms with van der Waals surface area (Å²) in [5.74, 6) is 0.554. The molecule has 0 radical (unpaired) electrons. The topological polar surface area (TPSA) is 69.0 Å². The van der Waals surface area contributed by atoms with Crippen molar-refractivity contribution < 1.29 is 9.53 Å². The van der Waals surface area contributed by atoms with Crippen molar-refractivity contribution >= 4 is 22.4 Å². The predicted octanol–water partition coefficient (Wildman–Crippen LogP) is 4.57. The number of hydrogen-bond acceptors (Lipinski definition) is 5. The molecule has 0 aliphatic carbocycles. The maximum absolute atomic E-state index is 12.5. The molecule has 7 heteroatoms. The van der Waals surface area contributed by atoms with Crippen LogP contribution in [0.3, 0.4) is 0 Å². The molecule has 140 valence electrons. The number of benzene rings is 2. The average molecular weight is 390 g/mol. The number of methoxy groups -OCH3 is 1. The Balaban J connectivity index is 1.51. The van der Waals surface area contributed by atoms with E-state index in [-0.39, 0.29) is 5.91 Å². The fourth-order valence-corrected chi connectivity index (χ4v) is 3.55. The fraction of sp³-hybridized carbons (Fsp3) is 0.0952. The van der Waals surface area contributed by atoms with E-state index in [0.717, 1.165) is 28.3 Å². The van der Waals surface area contributed by atoms with Crippen molar-refractivity contribution in [1.29, 1.82) is 0 Å². The highest BCUT2D eigenvalue weighted by molar-refractivity contribution is 7.14. The van der Waals surface area contributed by atoms with Crippen molar-refractivity contribution in [3.8, 4) is 22.7 Å². The van der Waals surface area contributed by atoms with Gasteiger partial charge in [-0.3, -0.25) is 10.1 Å². The lowest BCUT2D eigenvalue weighted by Gasteiger charge is -2.07. The van der Waals surface area contributed by atoms with Gasteiger partial charge >= 0.3 is 0 Å². The van der Waals surface area contributed by atoms with Crippen LogP contribution in [0.5, 0.6) is 5.75 Å². The molecule has 0 spiro atoms. The molecule has 0 unspecified atom stereocenters. The van der Waals surface area contributed by atoms with Crippen LogP contribution in [-0.2, 0) is 0 Å². The number of carbonyl (C=O) groups excluding carboxylic acids is 1. The molecule has 28 heavy (non-hydrogen) atoms. The molecule has 6 nitrogen and oxygen atoms in total. The van der Waals surface area contributed by atoms with E-state index < -0.39 is 0 Å². The lowest BCUT2D eigenvalue weighted by atomic mass is 10.1. The van der Waals surface area contributed by atoms with Crippen LogP contribution < -0.4 is 10.1 Å². The SMILES string of the molecule is COc1ccc(C)cc1-c1csc(NC(=O)c2ccc(-n3ccnc3)cc2)n1. The van der Waals surface area contributed by atoms with Crippen molar-refractivity contribution in [3.05, 3.63) is 77.7 Å². The second-order valence-electron chi connectivity index (χ2n) is 6.21. The fourth-order valence-electron chi connectivity index (χ4n) is 2.84. The molecule has 0 fully saturated rings. The summed E-state index contributed by atoms with van der Waals surface area (Å²) in [6.07, 6.45) is 5.28. The summed E-state index contributed by atoms with van der Waals surface area (Å²) in [4.78, 5) is 21.1. The first-order valence-corrected chi connectivity index (χ1v) is 9.52. The number of aromatic nitrogens is 3. The number of nitrogens with zero attached hydrogens (tertiary/aromatic N) is 3. The maximum atomic E-state index is 12.5. The van der Waals surface area contributed by atoms with E-state index in [9.17, 15) is 4.79 Å². The van der Waals surface area contributed by atoms with E-state index in [4.69, 9.17) is 4.74 Å². The summed E-state index contributed by atoms with van der Waals surface area (Å²) in [6.45, 7) is 2.02. The molecule has 2 heterocycles. The lowest BCUT2D eigenvalue weighted by Crippen LogP contribution is -2.11. The first kappa shape index (κ1) is 17.9. The van der Waals surface area contributed by atoms with Crippen molar-refractivity contribution in [1.82, 2.24) is 14.5 Å². The van der Waals surface area contributed by atoms with E-state index in [1.807, 2.05) is 53.4 Å². The van der Waals surface area contributed by atoms with Gasteiger partial charge in [-0.25, -0.2) is 9.97 Å². The molecule has 1 N–H and O–H groups in total. The van der Waals surface area contributed by atoms with Crippen LogP contribution >= 0.6 is 11.3 Å². The van der Waals surface area contributed by atoms with Gasteiger partial charge in [-0.05, 0) is 43.3 Å². The summed E-state index contributed by atoms with van der Waals surface area (Å²) >= 11 is 1.38. The summed E-state index contributed by atoms with van der Waals surface area (Å²) in [6, 6.07) is 13.2. The van der Waals surface area contributed by atoms with Crippen molar-refractivity contribution in [2.75, 3.05) is 12.4 Å². The van der Waals surface area contributed by atoms with Gasteiger partial charge in [0.1, 0.15) is 5.75 Å². The Morgan fingerprint density at radius 3 is 2.71 bits per heavy atom. The number of thiazole rings is 1. The van der Waals surface area contributed by atoms with Crippen molar-refractivity contribution in [2.24, 2.45) is 0 Å². The Kier molecular flexibility index (Phi) is 4.90. The minimum Gasteiger partial charge on any atom is -0.496 e. The number of hydrogen-bond donors (Lipinski definition) is 1. The largest absolute Gasteiger partial charge is 0.496 e. The third kappa shape index (κ3) is 3.65. The molecule has 0 saturated carbocycles.